The predicted molar refractivity (Wildman–Crippen MR) is 43.1 cm³/mol. The highest BCUT2D eigenvalue weighted by Gasteiger charge is 2.58. The first-order valence-electron chi connectivity index (χ1n) is 4.22. The SMILES string of the molecule is CCCCC1(C)OC1(C)C. The van der Waals surface area contributed by atoms with E-state index in [0.29, 0.717) is 0 Å². The van der Waals surface area contributed by atoms with Gasteiger partial charge in [-0.15, -0.1) is 0 Å². The van der Waals surface area contributed by atoms with Crippen molar-refractivity contribution in [3.8, 4) is 0 Å². The maximum atomic E-state index is 5.59. The lowest BCUT2D eigenvalue weighted by Gasteiger charge is -2.06. The van der Waals surface area contributed by atoms with E-state index in [-0.39, 0.29) is 11.2 Å². The van der Waals surface area contributed by atoms with E-state index in [0.717, 1.165) is 0 Å². The van der Waals surface area contributed by atoms with E-state index >= 15 is 0 Å². The normalized spacial score (nSPS) is 36.0. The van der Waals surface area contributed by atoms with Crippen LogP contribution in [-0.4, -0.2) is 11.2 Å². The molecule has 1 unspecified atom stereocenters. The van der Waals surface area contributed by atoms with Gasteiger partial charge in [-0.1, -0.05) is 19.8 Å². The second-order valence-corrected chi connectivity index (χ2v) is 3.95. The molecule has 1 heterocycles. The van der Waals surface area contributed by atoms with Gasteiger partial charge in [0.15, 0.2) is 0 Å². The first kappa shape index (κ1) is 8.06. The minimum atomic E-state index is 0.155. The molecule has 1 atom stereocenters. The van der Waals surface area contributed by atoms with E-state index < -0.39 is 0 Å². The fourth-order valence-corrected chi connectivity index (χ4v) is 1.40. The second-order valence-electron chi connectivity index (χ2n) is 3.95. The topological polar surface area (TPSA) is 12.5 Å². The quantitative estimate of drug-likeness (QED) is 0.552. The maximum Gasteiger partial charge on any atom is 0.0946 e. The van der Waals surface area contributed by atoms with Gasteiger partial charge in [-0.2, -0.15) is 0 Å². The number of hydrogen-bond donors (Lipinski definition) is 0. The highest BCUT2D eigenvalue weighted by atomic mass is 16.6. The number of unbranched alkanes of at least 4 members (excludes halogenated alkanes) is 1. The highest BCUT2D eigenvalue weighted by Crippen LogP contribution is 2.50. The fraction of sp³-hybridized carbons (Fsp3) is 1.00. The Kier molecular flexibility index (Phi) is 1.80. The van der Waals surface area contributed by atoms with Gasteiger partial charge in [0.25, 0.3) is 0 Å². The molecule has 0 radical (unpaired) electrons. The van der Waals surface area contributed by atoms with Gasteiger partial charge >= 0.3 is 0 Å². The maximum absolute atomic E-state index is 5.59. The smallest absolute Gasteiger partial charge is 0.0946 e. The van der Waals surface area contributed by atoms with Crippen LogP contribution in [0.4, 0.5) is 0 Å². The molecule has 0 bridgehead atoms. The van der Waals surface area contributed by atoms with Crippen LogP contribution in [0.15, 0.2) is 0 Å². The molecular formula is C9H18O. The number of rotatable bonds is 3. The number of epoxide rings is 1. The highest BCUT2D eigenvalue weighted by molar-refractivity contribution is 5.06. The number of ether oxygens (including phenoxy) is 1. The second kappa shape index (κ2) is 2.23. The van der Waals surface area contributed by atoms with Crippen LogP contribution in [0.2, 0.25) is 0 Å². The summed E-state index contributed by atoms with van der Waals surface area (Å²) < 4.78 is 5.59. The van der Waals surface area contributed by atoms with Crippen LogP contribution in [0, 0.1) is 0 Å². The van der Waals surface area contributed by atoms with Crippen molar-refractivity contribution < 1.29 is 4.74 Å². The Morgan fingerprint density at radius 2 is 1.70 bits per heavy atom. The van der Waals surface area contributed by atoms with Gasteiger partial charge in [-0.3, -0.25) is 0 Å². The van der Waals surface area contributed by atoms with Crippen LogP contribution in [0.1, 0.15) is 47.0 Å². The van der Waals surface area contributed by atoms with Crippen LogP contribution in [0.25, 0.3) is 0 Å². The Balaban J connectivity index is 2.30. The number of hydrogen-bond acceptors (Lipinski definition) is 1. The molecule has 0 amide bonds. The van der Waals surface area contributed by atoms with Crippen molar-refractivity contribution in [3.63, 3.8) is 0 Å². The minimum absolute atomic E-state index is 0.155. The lowest BCUT2D eigenvalue weighted by Crippen LogP contribution is -2.15. The Morgan fingerprint density at radius 1 is 1.20 bits per heavy atom. The summed E-state index contributed by atoms with van der Waals surface area (Å²) in [6.07, 6.45) is 3.78. The van der Waals surface area contributed by atoms with Crippen molar-refractivity contribution in [1.29, 1.82) is 0 Å². The summed E-state index contributed by atoms with van der Waals surface area (Å²) in [7, 11) is 0. The summed E-state index contributed by atoms with van der Waals surface area (Å²) in [4.78, 5) is 0. The molecule has 1 saturated heterocycles. The van der Waals surface area contributed by atoms with E-state index in [4.69, 9.17) is 4.74 Å². The van der Waals surface area contributed by atoms with Gasteiger partial charge in [0.2, 0.25) is 0 Å². The van der Waals surface area contributed by atoms with Crippen LogP contribution in [0.3, 0.4) is 0 Å². The molecule has 0 spiro atoms. The molecule has 1 aliphatic rings. The predicted octanol–water partition coefficient (Wildman–Crippen LogP) is 2.74. The Morgan fingerprint density at radius 3 is 2.00 bits per heavy atom. The van der Waals surface area contributed by atoms with Gasteiger partial charge in [-0.25, -0.2) is 0 Å². The van der Waals surface area contributed by atoms with Crippen molar-refractivity contribution in [3.05, 3.63) is 0 Å². The molecule has 0 aromatic rings. The van der Waals surface area contributed by atoms with Crippen LogP contribution in [-0.2, 0) is 4.74 Å². The monoisotopic (exact) mass is 142 g/mol. The van der Waals surface area contributed by atoms with E-state index in [1.165, 1.54) is 19.3 Å². The van der Waals surface area contributed by atoms with Crippen LogP contribution < -0.4 is 0 Å². The Labute approximate surface area is 63.8 Å². The molecule has 1 nitrogen and oxygen atoms in total. The van der Waals surface area contributed by atoms with Crippen molar-refractivity contribution in [2.24, 2.45) is 0 Å². The molecule has 0 N–H and O–H groups in total. The lowest BCUT2D eigenvalue weighted by atomic mass is 9.93. The van der Waals surface area contributed by atoms with Crippen molar-refractivity contribution >= 4 is 0 Å². The molecular weight excluding hydrogens is 124 g/mol. The third-order valence-electron chi connectivity index (χ3n) is 2.72. The van der Waals surface area contributed by atoms with Gasteiger partial charge < -0.3 is 4.74 Å². The lowest BCUT2D eigenvalue weighted by molar-refractivity contribution is 0.274. The molecule has 60 valence electrons. The zero-order valence-corrected chi connectivity index (χ0v) is 7.53. The molecule has 1 heteroatoms. The Bertz CT molecular complexity index is 129. The summed E-state index contributed by atoms with van der Waals surface area (Å²) in [5, 5.41) is 0. The fourth-order valence-electron chi connectivity index (χ4n) is 1.40. The molecule has 0 aromatic carbocycles. The molecule has 0 saturated carbocycles. The van der Waals surface area contributed by atoms with E-state index in [1.54, 1.807) is 0 Å². The van der Waals surface area contributed by atoms with Crippen molar-refractivity contribution in [2.75, 3.05) is 0 Å². The summed E-state index contributed by atoms with van der Waals surface area (Å²) in [5.41, 5.74) is 0.352. The molecule has 1 aliphatic heterocycles. The first-order chi connectivity index (χ1) is 4.52. The van der Waals surface area contributed by atoms with Gasteiger partial charge in [0.1, 0.15) is 0 Å². The molecule has 1 rings (SSSR count). The summed E-state index contributed by atoms with van der Waals surface area (Å²) in [6.45, 7) is 8.77. The van der Waals surface area contributed by atoms with Crippen molar-refractivity contribution in [1.82, 2.24) is 0 Å². The third-order valence-corrected chi connectivity index (χ3v) is 2.72. The summed E-state index contributed by atoms with van der Waals surface area (Å²) in [6, 6.07) is 0. The van der Waals surface area contributed by atoms with Gasteiger partial charge in [-0.05, 0) is 27.2 Å². The molecule has 10 heavy (non-hydrogen) atoms. The largest absolute Gasteiger partial charge is 0.363 e. The zero-order valence-electron chi connectivity index (χ0n) is 7.53. The standard InChI is InChI=1S/C9H18O/c1-5-6-7-9(4)8(2,3)10-9/h5-7H2,1-4H3. The summed E-state index contributed by atoms with van der Waals surface area (Å²) >= 11 is 0. The van der Waals surface area contributed by atoms with Crippen molar-refractivity contribution in [2.45, 2.75) is 58.2 Å². The average Bonchev–Trinajstić information content (AvgIpc) is 2.29. The summed E-state index contributed by atoms with van der Waals surface area (Å²) in [5.74, 6) is 0. The molecule has 1 fully saturated rings. The van der Waals surface area contributed by atoms with E-state index in [2.05, 4.69) is 27.7 Å². The van der Waals surface area contributed by atoms with Crippen LogP contribution in [0.5, 0.6) is 0 Å². The molecule has 0 aromatic heterocycles. The average molecular weight is 142 g/mol. The Hall–Kier alpha value is -0.0400. The zero-order chi connectivity index (χ0) is 7.83. The van der Waals surface area contributed by atoms with Gasteiger partial charge in [0, 0.05) is 0 Å². The van der Waals surface area contributed by atoms with E-state index in [1.807, 2.05) is 0 Å². The minimum Gasteiger partial charge on any atom is -0.363 e. The molecule has 0 aliphatic carbocycles. The first-order valence-corrected chi connectivity index (χ1v) is 4.22. The third kappa shape index (κ3) is 1.20. The van der Waals surface area contributed by atoms with Crippen LogP contribution >= 0.6 is 0 Å². The van der Waals surface area contributed by atoms with E-state index in [9.17, 15) is 0 Å². The van der Waals surface area contributed by atoms with Gasteiger partial charge in [0.05, 0.1) is 11.2 Å².